The van der Waals surface area contributed by atoms with Gasteiger partial charge in [0.1, 0.15) is 66.2 Å². The molecule has 0 aliphatic carbocycles. The number of guanidine groups is 1. The van der Waals surface area contributed by atoms with Gasteiger partial charge in [-0.3, -0.25) is 67.3 Å². The third kappa shape index (κ3) is 25.1. The van der Waals surface area contributed by atoms with Crippen molar-refractivity contribution in [3.8, 4) is 5.75 Å². The maximum Gasteiger partial charge on any atom is 0.245 e. The van der Waals surface area contributed by atoms with Crippen LogP contribution in [0, 0.1) is 5.92 Å². The number of fused-ring (bicyclic) bond motifs is 1. The van der Waals surface area contributed by atoms with Gasteiger partial charge in [0.25, 0.3) is 0 Å². The minimum Gasteiger partial charge on any atom is -0.508 e. The summed E-state index contributed by atoms with van der Waals surface area (Å²) >= 11 is 6.15. The van der Waals surface area contributed by atoms with Crippen molar-refractivity contribution in [2.45, 2.75) is 165 Å². The van der Waals surface area contributed by atoms with Crippen LogP contribution >= 0.6 is 11.6 Å². The molecule has 0 spiro atoms. The van der Waals surface area contributed by atoms with Crippen LogP contribution < -0.4 is 75.7 Å². The van der Waals surface area contributed by atoms with E-state index in [-0.39, 0.29) is 108 Å². The van der Waals surface area contributed by atoms with Crippen molar-refractivity contribution in [1.82, 2.24) is 63.4 Å². The number of phenols is 1. The fraction of sp³-hybridized carbons (Fsp3) is 0.471. The number of likely N-dealkylation sites (tertiary alicyclic amines) is 1. The molecule has 4 aromatic rings. The molecule has 4 aromatic carbocycles. The smallest absolute Gasteiger partial charge is 0.245 e. The zero-order valence-electron chi connectivity index (χ0n) is 56.2. The molecule has 32 heteroatoms. The van der Waals surface area contributed by atoms with Gasteiger partial charge in [-0.15, -0.1) is 0 Å². The van der Waals surface area contributed by atoms with Crippen LogP contribution in [-0.4, -0.2) is 191 Å². The minimum atomic E-state index is -1.94. The molecule has 0 unspecified atom stereocenters. The fourth-order valence-corrected chi connectivity index (χ4v) is 11.4. The normalized spacial score (nSPS) is 18.8. The fourth-order valence-electron chi connectivity index (χ4n) is 11.3. The molecule has 2 saturated heterocycles. The molecule has 0 radical (unpaired) electrons. The highest BCUT2D eigenvalue weighted by molar-refractivity contribution is 6.30. The van der Waals surface area contributed by atoms with Crippen LogP contribution in [-0.2, 0) is 81.6 Å². The molecule has 100 heavy (non-hydrogen) atoms. The van der Waals surface area contributed by atoms with Gasteiger partial charge in [-0.1, -0.05) is 92.2 Å². The van der Waals surface area contributed by atoms with Crippen LogP contribution in [0.4, 0.5) is 0 Å². The van der Waals surface area contributed by atoms with Crippen molar-refractivity contribution in [2.24, 2.45) is 28.1 Å². The Balaban J connectivity index is 1.30. The zero-order valence-corrected chi connectivity index (χ0v) is 57.0. The van der Waals surface area contributed by atoms with Gasteiger partial charge in [0, 0.05) is 63.8 Å². The summed E-state index contributed by atoms with van der Waals surface area (Å²) in [5, 5.41) is 51.7. The predicted molar refractivity (Wildman–Crippen MR) is 368 cm³/mol. The van der Waals surface area contributed by atoms with Crippen molar-refractivity contribution in [2.75, 3.05) is 32.8 Å². The molecular weight excluding hydrogens is 1320 g/mol. The Morgan fingerprint density at radius 2 is 1.25 bits per heavy atom. The molecule has 2 heterocycles. The van der Waals surface area contributed by atoms with Gasteiger partial charge in [-0.25, -0.2) is 0 Å². The number of hydrogen-bond donors (Lipinski definition) is 16. The molecular formula is C68H91ClN16O15. The molecule has 31 nitrogen and oxygen atoms in total. The topological polar surface area (TPSA) is 488 Å². The molecule has 2 aliphatic rings. The van der Waals surface area contributed by atoms with Crippen molar-refractivity contribution < 1.29 is 72.5 Å². The van der Waals surface area contributed by atoms with Crippen LogP contribution in [0.5, 0.6) is 5.75 Å². The first kappa shape index (κ1) is 78.6. The van der Waals surface area contributed by atoms with E-state index in [1.165, 1.54) is 55.1 Å². The summed E-state index contributed by atoms with van der Waals surface area (Å²) in [4.78, 5) is 186. The van der Waals surface area contributed by atoms with Crippen molar-refractivity contribution in [3.05, 3.63) is 113 Å². The Morgan fingerprint density at radius 1 is 0.650 bits per heavy atom. The lowest BCUT2D eigenvalue weighted by atomic mass is 9.98. The van der Waals surface area contributed by atoms with Crippen LogP contribution in [0.1, 0.15) is 102 Å². The second kappa shape index (κ2) is 38.6. The summed E-state index contributed by atoms with van der Waals surface area (Å²) in [6.45, 7) is 5.06. The number of nitrogens with one attached hydrogen (secondary N) is 11. The number of aliphatic hydroxyl groups is 1. The summed E-state index contributed by atoms with van der Waals surface area (Å²) in [6, 6.07) is 10.0. The number of aromatic hydroxyl groups is 1. The molecule has 2 aliphatic heterocycles. The number of amides is 13. The molecule has 2 fully saturated rings. The highest BCUT2D eigenvalue weighted by Crippen LogP contribution is 2.22. The second-order valence-electron chi connectivity index (χ2n) is 25.1. The number of carbonyl (C=O) groups is 13. The van der Waals surface area contributed by atoms with Crippen molar-refractivity contribution >= 4 is 105 Å². The van der Waals surface area contributed by atoms with E-state index in [0.717, 1.165) is 10.8 Å². The molecule has 540 valence electrons. The molecule has 6 rings (SSSR count). The van der Waals surface area contributed by atoms with Gasteiger partial charge in [-0.2, -0.15) is 0 Å². The first-order chi connectivity index (χ1) is 47.6. The zero-order chi connectivity index (χ0) is 73.2. The molecule has 19 N–H and O–H groups in total. The Hall–Kier alpha value is -10.4. The van der Waals surface area contributed by atoms with E-state index in [0.29, 0.717) is 28.1 Å². The van der Waals surface area contributed by atoms with Gasteiger partial charge in [0.15, 0.2) is 5.96 Å². The average molecular weight is 1410 g/mol. The molecule has 13 amide bonds. The third-order valence-corrected chi connectivity index (χ3v) is 16.9. The number of halogens is 1. The maximum absolute atomic E-state index is 15.1. The Bertz CT molecular complexity index is 3610. The summed E-state index contributed by atoms with van der Waals surface area (Å²) in [6.07, 6.45) is -0.795. The van der Waals surface area contributed by atoms with E-state index >= 15 is 9.59 Å². The number of aliphatic hydroxyl groups excluding tert-OH is 1. The van der Waals surface area contributed by atoms with Crippen LogP contribution in [0.2, 0.25) is 5.02 Å². The predicted octanol–water partition coefficient (Wildman–Crippen LogP) is -2.00. The SMILES string of the molecule is CC(=O)N[C@H]1CCCNC(=O)CCNC(=O)C[C@@H](C(=O)N[C@@H](CO)C(=O)N[C@@H](Cc2ccc(O)cc2)C(=O)N[C@H](Cc2ccc3ccccc3c2)C(=O)N[C@H](CC(C)C)C(=O)N[C@@H](CCCN=C(N)N)C(=O)N2CCC[C@H]2C(=O)N[C@H](C)C(N)=O)NC(=O)[C@@H](Cc2ccc(Cl)cc2)NC1=O. The van der Waals surface area contributed by atoms with Gasteiger partial charge in [0.2, 0.25) is 76.8 Å². The van der Waals surface area contributed by atoms with Crippen molar-refractivity contribution in [3.63, 3.8) is 0 Å². The minimum absolute atomic E-state index is 0.00841. The summed E-state index contributed by atoms with van der Waals surface area (Å²) in [5.74, 6) is -11.5. The molecule has 0 aromatic heterocycles. The molecule has 0 bridgehead atoms. The number of carbonyl (C=O) groups excluding carboxylic acids is 13. The first-order valence-electron chi connectivity index (χ1n) is 33.1. The Kier molecular flexibility index (Phi) is 30.4. The maximum atomic E-state index is 15.1. The number of nitrogens with two attached hydrogens (primary N) is 3. The highest BCUT2D eigenvalue weighted by atomic mass is 35.5. The third-order valence-electron chi connectivity index (χ3n) is 16.6. The Labute approximate surface area is 583 Å². The standard InChI is InChI=1S/C68H91ClN16O15/c1-37(2)30-49(60(93)78-48(13-8-27-75-68(71)72)67(100)85-29-9-14-55(85)66(99)76-38(3)58(70)91)79-63(96)52(34-42-15-20-43-10-5-6-11-44(43)31-42)81-61(94)51(33-41-18-23-46(88)24-19-41)82-65(98)54(36-86)84-64(97)53-35-57(90)74-28-25-56(89)73-26-7-12-47(77-39(4)87)59(92)80-50(62(95)83-53)32-40-16-21-45(69)22-17-40/h5-6,10-11,15-24,31,37-38,47-55,86,88H,7-9,12-14,25-30,32-36H2,1-4H3,(H2,70,91)(H,73,89)(H,74,90)(H,76,99)(H,77,87)(H,78,93)(H,79,96)(H,80,92)(H,81,94)(H,82,98)(H,83,95)(H,84,97)(H4,71,72,75)/t38-,47+,48+,49-,50-,51+,52-,53+,54+,55+/m1/s1. The average Bonchev–Trinajstić information content (AvgIpc) is 1.51. The lowest BCUT2D eigenvalue weighted by molar-refractivity contribution is -0.142. The van der Waals surface area contributed by atoms with E-state index in [9.17, 15) is 63.0 Å². The number of nitrogens with zero attached hydrogens (tertiary/aromatic N) is 2. The number of benzene rings is 4. The Morgan fingerprint density at radius 3 is 1.89 bits per heavy atom. The van der Waals surface area contributed by atoms with E-state index in [1.54, 1.807) is 44.2 Å². The van der Waals surface area contributed by atoms with Crippen LogP contribution in [0.3, 0.4) is 0 Å². The van der Waals surface area contributed by atoms with Crippen LogP contribution in [0.15, 0.2) is 96.0 Å². The van der Waals surface area contributed by atoms with E-state index < -0.39 is 150 Å². The van der Waals surface area contributed by atoms with E-state index in [2.05, 4.69) is 63.5 Å². The number of phenolic OH excluding ortho intramolecular Hbond substituents is 1. The monoisotopic (exact) mass is 1410 g/mol. The summed E-state index contributed by atoms with van der Waals surface area (Å²) < 4.78 is 0. The lowest BCUT2D eigenvalue weighted by Crippen LogP contribution is -2.62. The highest BCUT2D eigenvalue weighted by Gasteiger charge is 2.40. The van der Waals surface area contributed by atoms with Gasteiger partial charge < -0.3 is 90.8 Å². The summed E-state index contributed by atoms with van der Waals surface area (Å²) in [7, 11) is 0. The lowest BCUT2D eigenvalue weighted by Gasteiger charge is -2.31. The number of rotatable bonds is 28. The number of aliphatic imine (C=N–C) groups is 1. The van der Waals surface area contributed by atoms with E-state index in [1.807, 2.05) is 24.3 Å². The molecule has 10 atom stereocenters. The van der Waals surface area contributed by atoms with Gasteiger partial charge in [0.05, 0.1) is 13.0 Å². The van der Waals surface area contributed by atoms with Gasteiger partial charge in [-0.05, 0) is 110 Å². The molecule has 0 saturated carbocycles. The van der Waals surface area contributed by atoms with Crippen LogP contribution in [0.25, 0.3) is 10.8 Å². The number of hydrogen-bond acceptors (Lipinski definition) is 16. The summed E-state index contributed by atoms with van der Waals surface area (Å²) in [5.41, 5.74) is 17.9. The van der Waals surface area contributed by atoms with Crippen molar-refractivity contribution in [1.29, 1.82) is 0 Å². The van der Waals surface area contributed by atoms with E-state index in [4.69, 9.17) is 28.8 Å². The largest absolute Gasteiger partial charge is 0.508 e. The first-order valence-corrected chi connectivity index (χ1v) is 33.4. The van der Waals surface area contributed by atoms with Gasteiger partial charge >= 0.3 is 0 Å². The second-order valence-corrected chi connectivity index (χ2v) is 25.6. The number of primary amides is 1. The quantitative estimate of drug-likeness (QED) is 0.0166.